The predicted molar refractivity (Wildman–Crippen MR) is 112 cm³/mol. The van der Waals surface area contributed by atoms with Gasteiger partial charge in [-0.15, -0.1) is 0 Å². The molecule has 1 aliphatic rings. The van der Waals surface area contributed by atoms with Crippen LogP contribution >= 0.6 is 0 Å². The lowest BCUT2D eigenvalue weighted by Gasteiger charge is -2.26. The van der Waals surface area contributed by atoms with Crippen molar-refractivity contribution in [2.45, 2.75) is 13.0 Å². The highest BCUT2D eigenvalue weighted by Crippen LogP contribution is 2.39. The van der Waals surface area contributed by atoms with Crippen LogP contribution in [0.15, 0.2) is 54.1 Å². The number of likely N-dealkylation sites (N-methyl/N-ethyl adjacent to an activating group) is 1. The van der Waals surface area contributed by atoms with Crippen molar-refractivity contribution in [3.8, 4) is 5.75 Å². The fourth-order valence-corrected chi connectivity index (χ4v) is 3.53. The van der Waals surface area contributed by atoms with Gasteiger partial charge in [0.2, 0.25) is 0 Å². The largest absolute Gasteiger partial charge is 0.507 e. The average Bonchev–Trinajstić information content (AvgIpc) is 2.96. The number of Topliss-reactive ketones (excluding diaryl/α,β-unsaturated/α-hetero) is 1. The molecule has 0 aliphatic carbocycles. The molecule has 6 nitrogen and oxygen atoms in total. The first-order valence-corrected chi connectivity index (χ1v) is 9.47. The third kappa shape index (κ3) is 4.17. The normalized spacial score (nSPS) is 18.5. The second-order valence-corrected chi connectivity index (χ2v) is 7.44. The number of hydrogen-bond donors (Lipinski definition) is 1. The summed E-state index contributed by atoms with van der Waals surface area (Å²) in [6, 6.07) is 13.9. The Hall–Kier alpha value is -3.12. The Balaban J connectivity index is 2.16. The van der Waals surface area contributed by atoms with Gasteiger partial charge in [0.25, 0.3) is 11.7 Å². The number of ether oxygens (including phenoxy) is 1. The van der Waals surface area contributed by atoms with Crippen LogP contribution in [0.1, 0.15) is 22.7 Å². The molecule has 29 heavy (non-hydrogen) atoms. The number of aliphatic hydroxyl groups is 1. The van der Waals surface area contributed by atoms with Crippen molar-refractivity contribution >= 4 is 17.4 Å². The first-order chi connectivity index (χ1) is 13.8. The molecule has 1 unspecified atom stereocenters. The molecule has 1 amide bonds. The second kappa shape index (κ2) is 8.49. The molecule has 1 saturated heterocycles. The summed E-state index contributed by atoms with van der Waals surface area (Å²) in [5.74, 6) is -0.900. The van der Waals surface area contributed by atoms with Gasteiger partial charge in [-0.05, 0) is 38.7 Å². The second-order valence-electron chi connectivity index (χ2n) is 7.44. The first-order valence-electron chi connectivity index (χ1n) is 9.47. The van der Waals surface area contributed by atoms with E-state index in [1.165, 1.54) is 7.11 Å². The minimum absolute atomic E-state index is 0.104. The molecular formula is C23H26N2O4. The number of carbonyl (C=O) groups excluding carboxylic acids is 2. The van der Waals surface area contributed by atoms with Gasteiger partial charge in [0.05, 0.1) is 18.7 Å². The highest BCUT2D eigenvalue weighted by molar-refractivity contribution is 6.46. The van der Waals surface area contributed by atoms with E-state index < -0.39 is 17.7 Å². The molecule has 2 aromatic rings. The quantitative estimate of drug-likeness (QED) is 0.463. The number of aliphatic hydroxyl groups excluding tert-OH is 1. The summed E-state index contributed by atoms with van der Waals surface area (Å²) in [4.78, 5) is 29.3. The smallest absolute Gasteiger partial charge is 0.295 e. The van der Waals surface area contributed by atoms with Crippen molar-refractivity contribution in [1.82, 2.24) is 9.80 Å². The lowest BCUT2D eigenvalue weighted by atomic mass is 9.94. The molecule has 0 spiro atoms. The molecule has 6 heteroatoms. The molecule has 1 aliphatic heterocycles. The fourth-order valence-electron chi connectivity index (χ4n) is 3.53. The van der Waals surface area contributed by atoms with Crippen LogP contribution in [0.4, 0.5) is 0 Å². The van der Waals surface area contributed by atoms with Crippen LogP contribution in [0, 0.1) is 6.92 Å². The molecule has 0 saturated carbocycles. The molecular weight excluding hydrogens is 368 g/mol. The van der Waals surface area contributed by atoms with Crippen LogP contribution < -0.4 is 4.74 Å². The van der Waals surface area contributed by atoms with E-state index in [0.29, 0.717) is 24.4 Å². The number of hydrogen-bond acceptors (Lipinski definition) is 5. The third-order valence-corrected chi connectivity index (χ3v) is 5.03. The number of methoxy groups -OCH3 is 1. The number of carbonyl (C=O) groups is 2. The minimum Gasteiger partial charge on any atom is -0.507 e. The lowest BCUT2D eigenvalue weighted by Crippen LogP contribution is -2.35. The van der Waals surface area contributed by atoms with E-state index in [-0.39, 0.29) is 11.3 Å². The molecule has 0 bridgehead atoms. The molecule has 1 N–H and O–H groups in total. The Bertz CT molecular complexity index is 965. The van der Waals surface area contributed by atoms with Crippen molar-refractivity contribution in [3.05, 3.63) is 70.8 Å². The van der Waals surface area contributed by atoms with Gasteiger partial charge in [-0.2, -0.15) is 0 Å². The van der Waals surface area contributed by atoms with Gasteiger partial charge >= 0.3 is 0 Å². The first kappa shape index (κ1) is 20.6. The van der Waals surface area contributed by atoms with Crippen molar-refractivity contribution < 1.29 is 19.4 Å². The summed E-state index contributed by atoms with van der Waals surface area (Å²) in [6.45, 7) is 2.94. The summed E-state index contributed by atoms with van der Waals surface area (Å²) in [5, 5.41) is 11.0. The van der Waals surface area contributed by atoms with E-state index in [1.807, 2.05) is 50.2 Å². The summed E-state index contributed by atoms with van der Waals surface area (Å²) >= 11 is 0. The van der Waals surface area contributed by atoms with E-state index in [1.54, 1.807) is 29.2 Å². The van der Waals surface area contributed by atoms with Crippen molar-refractivity contribution in [3.63, 3.8) is 0 Å². The zero-order chi connectivity index (χ0) is 21.1. The molecule has 1 atom stereocenters. The molecule has 2 aromatic carbocycles. The standard InChI is InChI=1S/C23H26N2O4/c1-15-7-5-8-16(13-15)20-19(21(26)17-9-6-10-18(14-17)29-4)22(27)23(28)25(20)12-11-24(2)3/h5-10,13-14,20,26H,11-12H2,1-4H3/b21-19-. The van der Waals surface area contributed by atoms with Crippen LogP contribution in [0.3, 0.4) is 0 Å². The summed E-state index contributed by atoms with van der Waals surface area (Å²) < 4.78 is 5.23. The lowest BCUT2D eigenvalue weighted by molar-refractivity contribution is -0.140. The average molecular weight is 394 g/mol. The van der Waals surface area contributed by atoms with Crippen molar-refractivity contribution in [2.75, 3.05) is 34.3 Å². The maximum Gasteiger partial charge on any atom is 0.295 e. The molecule has 152 valence electrons. The summed E-state index contributed by atoms with van der Waals surface area (Å²) in [5.41, 5.74) is 2.36. The Morgan fingerprint density at radius 2 is 1.86 bits per heavy atom. The van der Waals surface area contributed by atoms with Gasteiger partial charge in [-0.3, -0.25) is 9.59 Å². The zero-order valence-corrected chi connectivity index (χ0v) is 17.2. The van der Waals surface area contributed by atoms with Crippen LogP contribution in [-0.4, -0.2) is 60.9 Å². The zero-order valence-electron chi connectivity index (χ0n) is 17.2. The molecule has 1 heterocycles. The number of amides is 1. The van der Waals surface area contributed by atoms with Gasteiger partial charge < -0.3 is 19.6 Å². The van der Waals surface area contributed by atoms with Gasteiger partial charge in [0, 0.05) is 18.7 Å². The molecule has 0 radical (unpaired) electrons. The number of ketones is 1. The van der Waals surface area contributed by atoms with Crippen molar-refractivity contribution in [1.29, 1.82) is 0 Å². The minimum atomic E-state index is -0.671. The van der Waals surface area contributed by atoms with Gasteiger partial charge in [0.1, 0.15) is 11.5 Å². The monoisotopic (exact) mass is 394 g/mol. The molecule has 0 aromatic heterocycles. The Morgan fingerprint density at radius 3 is 2.52 bits per heavy atom. The van der Waals surface area contributed by atoms with E-state index in [2.05, 4.69) is 0 Å². The highest BCUT2D eigenvalue weighted by atomic mass is 16.5. The van der Waals surface area contributed by atoms with E-state index in [4.69, 9.17) is 4.74 Å². The van der Waals surface area contributed by atoms with Gasteiger partial charge in [-0.1, -0.05) is 42.0 Å². The Labute approximate surface area is 171 Å². The fraction of sp³-hybridized carbons (Fsp3) is 0.304. The van der Waals surface area contributed by atoms with Gasteiger partial charge in [0.15, 0.2) is 0 Å². The SMILES string of the molecule is COc1cccc(/C(O)=C2/C(=O)C(=O)N(CCN(C)C)C2c2cccc(C)c2)c1. The number of nitrogens with zero attached hydrogens (tertiary/aromatic N) is 2. The number of aryl methyl sites for hydroxylation is 1. The van der Waals surface area contributed by atoms with E-state index in [0.717, 1.165) is 11.1 Å². The third-order valence-electron chi connectivity index (χ3n) is 5.03. The Kier molecular flexibility index (Phi) is 6.03. The topological polar surface area (TPSA) is 70.1 Å². The summed E-state index contributed by atoms with van der Waals surface area (Å²) in [7, 11) is 5.36. The van der Waals surface area contributed by atoms with E-state index in [9.17, 15) is 14.7 Å². The summed E-state index contributed by atoms with van der Waals surface area (Å²) in [6.07, 6.45) is 0. The number of benzene rings is 2. The molecule has 1 fully saturated rings. The van der Waals surface area contributed by atoms with Crippen LogP contribution in [0.25, 0.3) is 5.76 Å². The molecule has 3 rings (SSSR count). The van der Waals surface area contributed by atoms with E-state index >= 15 is 0 Å². The number of likely N-dealkylation sites (tertiary alicyclic amines) is 1. The Morgan fingerprint density at radius 1 is 1.14 bits per heavy atom. The highest BCUT2D eigenvalue weighted by Gasteiger charge is 2.45. The van der Waals surface area contributed by atoms with Crippen LogP contribution in [0.2, 0.25) is 0 Å². The van der Waals surface area contributed by atoms with Crippen LogP contribution in [0.5, 0.6) is 5.75 Å². The number of rotatable bonds is 6. The van der Waals surface area contributed by atoms with Crippen LogP contribution in [-0.2, 0) is 9.59 Å². The predicted octanol–water partition coefficient (Wildman–Crippen LogP) is 2.99. The van der Waals surface area contributed by atoms with Gasteiger partial charge in [-0.25, -0.2) is 0 Å². The maximum absolute atomic E-state index is 12.9. The maximum atomic E-state index is 12.9. The van der Waals surface area contributed by atoms with Crippen molar-refractivity contribution in [2.24, 2.45) is 0 Å².